The number of nitrogens with zero attached hydrogens (tertiary/aromatic N) is 2. The van der Waals surface area contributed by atoms with Crippen molar-refractivity contribution in [2.75, 3.05) is 13.7 Å². The Balaban J connectivity index is 2.01. The van der Waals surface area contributed by atoms with Crippen LogP contribution in [0.25, 0.3) is 22.3 Å². The largest absolute Gasteiger partial charge is 0.497 e. The number of aryl methyl sites for hydroxylation is 1. The van der Waals surface area contributed by atoms with E-state index in [4.69, 9.17) is 27.0 Å². The van der Waals surface area contributed by atoms with E-state index in [1.807, 2.05) is 60.4 Å². The highest BCUT2D eigenvalue weighted by atomic mass is 127. The second-order valence-electron chi connectivity index (χ2n) is 6.60. The number of methoxy groups -OCH3 is 1. The highest BCUT2D eigenvalue weighted by molar-refractivity contribution is 14.1. The Hall–Kier alpha value is -2.37. The highest BCUT2D eigenvalue weighted by Gasteiger charge is 2.11. The third-order valence-corrected chi connectivity index (χ3v) is 5.48. The molecule has 0 aliphatic heterocycles. The molecule has 4 nitrogen and oxygen atoms in total. The first-order chi connectivity index (χ1) is 14.0. The topological polar surface area (TPSA) is 47.2 Å². The number of hydrogen-bond acceptors (Lipinski definition) is 4. The summed E-state index contributed by atoms with van der Waals surface area (Å²) in [4.78, 5) is 0. The van der Waals surface area contributed by atoms with Crippen LogP contribution < -0.4 is 9.47 Å². The van der Waals surface area contributed by atoms with E-state index >= 15 is 0 Å². The number of ether oxygens (including phenoxy) is 2. The average molecular weight is 516 g/mol. The van der Waals surface area contributed by atoms with Crippen LogP contribution in [0.2, 0.25) is 0 Å². The van der Waals surface area contributed by atoms with Crippen molar-refractivity contribution in [3.8, 4) is 39.8 Å². The van der Waals surface area contributed by atoms with Gasteiger partial charge >= 0.3 is 0 Å². The van der Waals surface area contributed by atoms with Crippen LogP contribution in [0.3, 0.4) is 0 Å². The maximum Gasteiger partial charge on any atom is 0.120 e. The molecule has 0 amide bonds. The van der Waals surface area contributed by atoms with Crippen LogP contribution in [0.1, 0.15) is 12.8 Å². The Morgan fingerprint density at radius 3 is 2.52 bits per heavy atom. The number of nitriles is 1. The molecule has 148 valence electrons. The van der Waals surface area contributed by atoms with E-state index in [-0.39, 0.29) is 0 Å². The van der Waals surface area contributed by atoms with Gasteiger partial charge in [0.05, 0.1) is 24.3 Å². The molecule has 0 aliphatic carbocycles. The number of pyridine rings is 1. The number of halogens is 1. The van der Waals surface area contributed by atoms with Crippen molar-refractivity contribution in [3.63, 3.8) is 0 Å². The monoisotopic (exact) mass is 516 g/mol. The molecule has 2 aromatic carbocycles. The molecule has 0 atom stereocenters. The Bertz CT molecular complexity index is 1120. The Morgan fingerprint density at radius 1 is 1.07 bits per heavy atom. The summed E-state index contributed by atoms with van der Waals surface area (Å²) in [7, 11) is 3.66. The minimum Gasteiger partial charge on any atom is -0.497 e. The summed E-state index contributed by atoms with van der Waals surface area (Å²) in [5.41, 5.74) is 3.99. The lowest BCUT2D eigenvalue weighted by Gasteiger charge is -2.13. The van der Waals surface area contributed by atoms with Gasteiger partial charge in [0, 0.05) is 40.6 Å². The number of rotatable bonds is 7. The number of benzene rings is 2. The highest BCUT2D eigenvalue weighted by Crippen LogP contribution is 2.33. The van der Waals surface area contributed by atoms with Crippen LogP contribution in [-0.2, 0) is 7.05 Å². The number of hydrogen-bond donors (Lipinski definition) is 0. The van der Waals surface area contributed by atoms with Crippen molar-refractivity contribution in [1.82, 2.24) is 4.57 Å². The second-order valence-corrected chi connectivity index (χ2v) is 8.25. The maximum atomic E-state index is 8.65. The molecular formula is C23H21IN2O2S. The molecule has 0 saturated heterocycles. The standard InChI is InChI=1S/C23H21IN2O2S/c1-26-14-21(16-6-5-7-19(11-16)28-9-4-3-8-25)23(29)22(15-26)17-10-18(24)13-20(12-17)27-2/h5-7,10-15H,3-4,9H2,1-2H3. The van der Waals surface area contributed by atoms with Crippen LogP contribution in [0, 0.1) is 19.4 Å². The van der Waals surface area contributed by atoms with Crippen molar-refractivity contribution >= 4 is 34.8 Å². The average Bonchev–Trinajstić information content (AvgIpc) is 2.72. The zero-order valence-corrected chi connectivity index (χ0v) is 19.3. The van der Waals surface area contributed by atoms with Crippen molar-refractivity contribution in [3.05, 3.63) is 62.9 Å². The van der Waals surface area contributed by atoms with Gasteiger partial charge in [-0.25, -0.2) is 0 Å². The summed E-state index contributed by atoms with van der Waals surface area (Å²) in [6.07, 6.45) is 5.28. The van der Waals surface area contributed by atoms with Gasteiger partial charge in [0.2, 0.25) is 0 Å². The van der Waals surface area contributed by atoms with E-state index in [1.54, 1.807) is 7.11 Å². The fourth-order valence-electron chi connectivity index (χ4n) is 3.05. The zero-order chi connectivity index (χ0) is 20.8. The molecule has 0 N–H and O–H groups in total. The van der Waals surface area contributed by atoms with E-state index in [2.05, 4.69) is 34.7 Å². The van der Waals surface area contributed by atoms with Crippen LogP contribution in [0.5, 0.6) is 11.5 Å². The smallest absolute Gasteiger partial charge is 0.120 e. The lowest BCUT2D eigenvalue weighted by molar-refractivity contribution is 0.313. The minimum absolute atomic E-state index is 0.493. The predicted octanol–water partition coefficient (Wildman–Crippen LogP) is 6.38. The molecule has 0 bridgehead atoms. The number of aromatic nitrogens is 1. The van der Waals surface area contributed by atoms with Crippen LogP contribution in [0.15, 0.2) is 54.9 Å². The van der Waals surface area contributed by atoms with E-state index in [0.29, 0.717) is 19.4 Å². The summed E-state index contributed by atoms with van der Waals surface area (Å²) in [6, 6.07) is 16.2. The van der Waals surface area contributed by atoms with Gasteiger partial charge < -0.3 is 14.0 Å². The third-order valence-electron chi connectivity index (χ3n) is 4.42. The van der Waals surface area contributed by atoms with Gasteiger partial charge in [-0.15, -0.1) is 0 Å². The van der Waals surface area contributed by atoms with Crippen LogP contribution >= 0.6 is 34.8 Å². The molecule has 0 radical (unpaired) electrons. The summed E-state index contributed by atoms with van der Waals surface area (Å²) in [5, 5.41) is 8.65. The Labute approximate surface area is 189 Å². The molecule has 29 heavy (non-hydrogen) atoms. The molecule has 0 spiro atoms. The SMILES string of the molecule is COc1cc(I)cc(-c2cn(C)cc(-c3cccc(OCCCC#N)c3)c2=S)c1. The first kappa shape index (κ1) is 21.3. The van der Waals surface area contributed by atoms with E-state index in [0.717, 1.165) is 41.8 Å². The van der Waals surface area contributed by atoms with Crippen LogP contribution in [0.4, 0.5) is 0 Å². The van der Waals surface area contributed by atoms with Gasteiger partial charge in [-0.3, -0.25) is 0 Å². The predicted molar refractivity (Wildman–Crippen MR) is 127 cm³/mol. The van der Waals surface area contributed by atoms with Crippen molar-refractivity contribution in [2.24, 2.45) is 7.05 Å². The maximum absolute atomic E-state index is 8.65. The third kappa shape index (κ3) is 5.37. The summed E-state index contributed by atoms with van der Waals surface area (Å²) < 4.78 is 15.1. The Kier molecular flexibility index (Phi) is 7.29. The quantitative estimate of drug-likeness (QED) is 0.208. The molecule has 1 aromatic heterocycles. The fourth-order valence-corrected chi connectivity index (χ4v) is 4.03. The number of unbranched alkanes of at least 4 members (excludes halogenated alkanes) is 1. The Morgan fingerprint density at radius 2 is 1.79 bits per heavy atom. The van der Waals surface area contributed by atoms with Crippen molar-refractivity contribution in [1.29, 1.82) is 5.26 Å². The molecule has 3 aromatic rings. The van der Waals surface area contributed by atoms with Gasteiger partial charge in [-0.2, -0.15) is 5.26 Å². The molecule has 3 rings (SSSR count). The van der Waals surface area contributed by atoms with Gasteiger partial charge in [-0.05, 0) is 70.5 Å². The summed E-state index contributed by atoms with van der Waals surface area (Å²) >= 11 is 8.16. The second kappa shape index (κ2) is 9.90. The minimum atomic E-state index is 0.493. The molecule has 0 unspecified atom stereocenters. The van der Waals surface area contributed by atoms with Gasteiger partial charge in [-0.1, -0.05) is 24.4 Å². The van der Waals surface area contributed by atoms with Gasteiger partial charge in [0.1, 0.15) is 11.5 Å². The summed E-state index contributed by atoms with van der Waals surface area (Å²) in [5.74, 6) is 1.58. The lowest BCUT2D eigenvalue weighted by atomic mass is 10.0. The van der Waals surface area contributed by atoms with E-state index < -0.39 is 0 Å². The molecule has 0 fully saturated rings. The molecular weight excluding hydrogens is 495 g/mol. The van der Waals surface area contributed by atoms with Crippen molar-refractivity contribution in [2.45, 2.75) is 12.8 Å². The van der Waals surface area contributed by atoms with Gasteiger partial charge in [0.15, 0.2) is 0 Å². The van der Waals surface area contributed by atoms with E-state index in [9.17, 15) is 0 Å². The lowest BCUT2D eigenvalue weighted by Crippen LogP contribution is -1.98. The molecule has 1 heterocycles. The van der Waals surface area contributed by atoms with E-state index in [1.165, 1.54) is 0 Å². The normalized spacial score (nSPS) is 10.4. The zero-order valence-electron chi connectivity index (χ0n) is 16.3. The molecule has 0 aliphatic rings. The fraction of sp³-hybridized carbons (Fsp3) is 0.217. The molecule has 0 saturated carbocycles. The summed E-state index contributed by atoms with van der Waals surface area (Å²) in [6.45, 7) is 0.522. The van der Waals surface area contributed by atoms with Gasteiger partial charge in [0.25, 0.3) is 0 Å². The first-order valence-electron chi connectivity index (χ1n) is 9.17. The van der Waals surface area contributed by atoms with Crippen molar-refractivity contribution < 1.29 is 9.47 Å². The first-order valence-corrected chi connectivity index (χ1v) is 10.7. The van der Waals surface area contributed by atoms with Crippen LogP contribution in [-0.4, -0.2) is 18.3 Å². The molecule has 6 heteroatoms.